The molecule has 2 amide bonds. The van der Waals surface area contributed by atoms with Crippen molar-refractivity contribution in [1.82, 2.24) is 4.90 Å². The summed E-state index contributed by atoms with van der Waals surface area (Å²) in [5.41, 5.74) is 2.42. The third kappa shape index (κ3) is 6.34. The SMILES string of the molecule is CCC1CCCCN1CC(=O)Nc1sc2c(c1C(=O)Nc1ccc(OC)cc1OC)CCC(C(C)(C)C)C2. The molecule has 1 saturated heterocycles. The highest BCUT2D eigenvalue weighted by atomic mass is 32.1. The highest BCUT2D eigenvalue weighted by Gasteiger charge is 2.34. The number of fused-ring (bicyclic) bond motifs is 1. The van der Waals surface area contributed by atoms with E-state index in [1.54, 1.807) is 43.8 Å². The summed E-state index contributed by atoms with van der Waals surface area (Å²) in [5.74, 6) is 1.44. The van der Waals surface area contributed by atoms with Crippen LogP contribution in [-0.4, -0.2) is 50.1 Å². The van der Waals surface area contributed by atoms with Gasteiger partial charge in [0.05, 0.1) is 32.0 Å². The Hall–Kier alpha value is -2.58. The van der Waals surface area contributed by atoms with Crippen LogP contribution < -0.4 is 20.1 Å². The minimum absolute atomic E-state index is 0.0487. The first-order valence-electron chi connectivity index (χ1n) is 13.9. The number of nitrogens with one attached hydrogen (secondary N) is 2. The fourth-order valence-electron chi connectivity index (χ4n) is 5.82. The number of carbonyl (C=O) groups is 2. The summed E-state index contributed by atoms with van der Waals surface area (Å²) in [6.07, 6.45) is 7.32. The Labute approximate surface area is 231 Å². The molecule has 38 heavy (non-hydrogen) atoms. The maximum absolute atomic E-state index is 13.8. The van der Waals surface area contributed by atoms with Crippen molar-refractivity contribution in [2.24, 2.45) is 11.3 Å². The van der Waals surface area contributed by atoms with Gasteiger partial charge in [-0.3, -0.25) is 14.5 Å². The molecule has 8 heteroatoms. The fraction of sp³-hybridized carbons (Fsp3) is 0.600. The summed E-state index contributed by atoms with van der Waals surface area (Å²) in [7, 11) is 3.16. The first-order valence-corrected chi connectivity index (χ1v) is 14.7. The van der Waals surface area contributed by atoms with E-state index >= 15 is 0 Å². The molecule has 208 valence electrons. The van der Waals surface area contributed by atoms with Crippen LogP contribution in [0.3, 0.4) is 0 Å². The number of carbonyl (C=O) groups excluding carboxylic acids is 2. The summed E-state index contributed by atoms with van der Waals surface area (Å²) in [5, 5.41) is 6.85. The van der Waals surface area contributed by atoms with Crippen LogP contribution in [0.25, 0.3) is 0 Å². The van der Waals surface area contributed by atoms with Crippen molar-refractivity contribution in [2.45, 2.75) is 78.7 Å². The zero-order valence-corrected chi connectivity index (χ0v) is 24.6. The Morgan fingerprint density at radius 3 is 2.58 bits per heavy atom. The number of likely N-dealkylation sites (tertiary alicyclic amines) is 1. The summed E-state index contributed by atoms with van der Waals surface area (Å²) >= 11 is 1.57. The molecule has 1 aromatic heterocycles. The van der Waals surface area contributed by atoms with Crippen LogP contribution in [0.4, 0.5) is 10.7 Å². The van der Waals surface area contributed by atoms with Gasteiger partial charge in [0.25, 0.3) is 5.91 Å². The zero-order valence-electron chi connectivity index (χ0n) is 23.7. The first kappa shape index (κ1) is 28.4. The zero-order chi connectivity index (χ0) is 27.4. The van der Waals surface area contributed by atoms with E-state index < -0.39 is 0 Å². The molecular weight excluding hydrogens is 498 g/mol. The number of amides is 2. The fourth-order valence-corrected chi connectivity index (χ4v) is 7.16. The van der Waals surface area contributed by atoms with Crippen molar-refractivity contribution >= 4 is 33.8 Å². The predicted molar refractivity (Wildman–Crippen MR) is 155 cm³/mol. The quantitative estimate of drug-likeness (QED) is 0.406. The van der Waals surface area contributed by atoms with Gasteiger partial charge in [-0.1, -0.05) is 34.1 Å². The smallest absolute Gasteiger partial charge is 0.259 e. The number of anilines is 2. The topological polar surface area (TPSA) is 79.9 Å². The lowest BCUT2D eigenvalue weighted by Gasteiger charge is -2.34. The monoisotopic (exact) mass is 541 g/mol. The van der Waals surface area contributed by atoms with Gasteiger partial charge in [0.1, 0.15) is 16.5 Å². The molecule has 1 aromatic carbocycles. The van der Waals surface area contributed by atoms with Gasteiger partial charge in [0.2, 0.25) is 5.91 Å². The lowest BCUT2D eigenvalue weighted by Crippen LogP contribution is -2.43. The number of benzene rings is 1. The van der Waals surface area contributed by atoms with Gasteiger partial charge in [-0.05, 0) is 74.1 Å². The molecule has 2 N–H and O–H groups in total. The van der Waals surface area contributed by atoms with E-state index in [0.29, 0.717) is 46.3 Å². The molecule has 0 saturated carbocycles. The number of methoxy groups -OCH3 is 2. The number of nitrogens with zero attached hydrogens (tertiary/aromatic N) is 1. The summed E-state index contributed by atoms with van der Waals surface area (Å²) in [6, 6.07) is 5.77. The minimum Gasteiger partial charge on any atom is -0.497 e. The Morgan fingerprint density at radius 1 is 1.11 bits per heavy atom. The van der Waals surface area contributed by atoms with Crippen LogP contribution in [0.15, 0.2) is 18.2 Å². The second-order valence-corrected chi connectivity index (χ2v) is 12.7. The average molecular weight is 542 g/mol. The van der Waals surface area contributed by atoms with Crippen molar-refractivity contribution in [3.8, 4) is 11.5 Å². The second kappa shape index (κ2) is 12.1. The maximum Gasteiger partial charge on any atom is 0.259 e. The van der Waals surface area contributed by atoms with Crippen LogP contribution >= 0.6 is 11.3 Å². The van der Waals surface area contributed by atoms with E-state index in [1.165, 1.54) is 11.3 Å². The van der Waals surface area contributed by atoms with Gasteiger partial charge < -0.3 is 20.1 Å². The van der Waals surface area contributed by atoms with Gasteiger partial charge in [-0.2, -0.15) is 0 Å². The standard InChI is InChI=1S/C30H43N3O4S/c1-7-20-10-8-9-15-33(20)18-26(34)32-29-27(22-13-11-19(30(2,3)4)16-25(22)38-29)28(35)31-23-14-12-21(36-5)17-24(23)37-6/h12,14,17,19-20H,7-11,13,15-16,18H2,1-6H3,(H,31,35)(H,32,34). The van der Waals surface area contributed by atoms with Crippen LogP contribution in [0.2, 0.25) is 0 Å². The Morgan fingerprint density at radius 2 is 1.89 bits per heavy atom. The van der Waals surface area contributed by atoms with Crippen molar-refractivity contribution in [3.05, 3.63) is 34.2 Å². The Kier molecular flexibility index (Phi) is 9.04. The van der Waals surface area contributed by atoms with E-state index in [4.69, 9.17) is 9.47 Å². The molecule has 4 rings (SSSR count). The lowest BCUT2D eigenvalue weighted by atomic mass is 9.72. The summed E-state index contributed by atoms with van der Waals surface area (Å²) in [6.45, 7) is 10.3. The van der Waals surface area contributed by atoms with Gasteiger partial charge in [-0.25, -0.2) is 0 Å². The highest BCUT2D eigenvalue weighted by Crippen LogP contribution is 2.45. The Balaban J connectivity index is 1.62. The number of hydrogen-bond acceptors (Lipinski definition) is 6. The van der Waals surface area contributed by atoms with E-state index in [9.17, 15) is 9.59 Å². The normalized spacial score (nSPS) is 19.9. The molecule has 7 nitrogen and oxygen atoms in total. The van der Waals surface area contributed by atoms with Crippen molar-refractivity contribution in [3.63, 3.8) is 0 Å². The van der Waals surface area contributed by atoms with Crippen molar-refractivity contribution in [2.75, 3.05) is 37.9 Å². The maximum atomic E-state index is 13.8. The molecule has 2 unspecified atom stereocenters. The third-order valence-electron chi connectivity index (χ3n) is 8.19. The molecule has 2 aliphatic rings. The number of thiophene rings is 1. The number of ether oxygens (including phenoxy) is 2. The van der Waals surface area contributed by atoms with Crippen LogP contribution in [0.5, 0.6) is 11.5 Å². The molecule has 2 heterocycles. The summed E-state index contributed by atoms with van der Waals surface area (Å²) < 4.78 is 10.8. The van der Waals surface area contributed by atoms with E-state index in [1.807, 2.05) is 0 Å². The number of piperidine rings is 1. The molecule has 1 aliphatic heterocycles. The van der Waals surface area contributed by atoms with Crippen LogP contribution in [-0.2, 0) is 17.6 Å². The molecule has 2 atom stereocenters. The molecule has 2 aromatic rings. The van der Waals surface area contributed by atoms with Crippen molar-refractivity contribution < 1.29 is 19.1 Å². The number of rotatable bonds is 8. The molecule has 0 spiro atoms. The molecular formula is C30H43N3O4S. The van der Waals surface area contributed by atoms with Gasteiger partial charge in [-0.15, -0.1) is 11.3 Å². The van der Waals surface area contributed by atoms with E-state index in [0.717, 1.165) is 50.6 Å². The molecule has 1 fully saturated rings. The lowest BCUT2D eigenvalue weighted by molar-refractivity contribution is -0.118. The van der Waals surface area contributed by atoms with Gasteiger partial charge >= 0.3 is 0 Å². The van der Waals surface area contributed by atoms with E-state index in [2.05, 4.69) is 43.2 Å². The molecule has 0 radical (unpaired) electrons. The highest BCUT2D eigenvalue weighted by molar-refractivity contribution is 7.17. The molecule has 0 bridgehead atoms. The first-order chi connectivity index (χ1) is 18.1. The Bertz CT molecular complexity index is 1150. The number of hydrogen-bond donors (Lipinski definition) is 2. The van der Waals surface area contributed by atoms with Gasteiger partial charge in [0.15, 0.2) is 0 Å². The second-order valence-electron chi connectivity index (χ2n) is 11.6. The molecule has 1 aliphatic carbocycles. The largest absolute Gasteiger partial charge is 0.497 e. The minimum atomic E-state index is -0.222. The van der Waals surface area contributed by atoms with Gasteiger partial charge in [0, 0.05) is 17.0 Å². The van der Waals surface area contributed by atoms with Crippen LogP contribution in [0.1, 0.15) is 80.6 Å². The van der Waals surface area contributed by atoms with Crippen LogP contribution in [0, 0.1) is 11.3 Å². The average Bonchev–Trinajstić information content (AvgIpc) is 3.25. The summed E-state index contributed by atoms with van der Waals surface area (Å²) in [4.78, 5) is 30.6. The predicted octanol–water partition coefficient (Wildman–Crippen LogP) is 6.37. The third-order valence-corrected chi connectivity index (χ3v) is 9.36. The van der Waals surface area contributed by atoms with Crippen molar-refractivity contribution in [1.29, 1.82) is 0 Å². The van der Waals surface area contributed by atoms with E-state index in [-0.39, 0.29) is 17.2 Å².